The van der Waals surface area contributed by atoms with Gasteiger partial charge in [0.05, 0.1) is 18.8 Å². The van der Waals surface area contributed by atoms with Gasteiger partial charge in [-0.15, -0.1) is 0 Å². The van der Waals surface area contributed by atoms with Crippen molar-refractivity contribution in [2.75, 3.05) is 20.3 Å². The zero-order valence-corrected chi connectivity index (χ0v) is 15.3. The lowest BCUT2D eigenvalue weighted by atomic mass is 10.1. The van der Waals surface area contributed by atoms with E-state index in [-0.39, 0.29) is 0 Å². The van der Waals surface area contributed by atoms with E-state index in [1.807, 2.05) is 13.8 Å². The lowest BCUT2D eigenvalue weighted by Crippen LogP contribution is -2.48. The van der Waals surface area contributed by atoms with E-state index in [9.17, 15) is 9.59 Å². The highest BCUT2D eigenvalue weighted by Crippen LogP contribution is 2.18. The van der Waals surface area contributed by atoms with E-state index in [4.69, 9.17) is 18.9 Å². The molecule has 0 aliphatic heterocycles. The molecule has 0 rings (SSSR count). The summed E-state index contributed by atoms with van der Waals surface area (Å²) in [4.78, 5) is 24.5. The number of hydrogen-bond acceptors (Lipinski definition) is 6. The highest BCUT2D eigenvalue weighted by Gasteiger charge is 2.40. The molecule has 23 heavy (non-hydrogen) atoms. The number of carbonyl (C=O) groups excluding carboxylic acids is 2. The molecule has 0 N–H and O–H groups in total. The van der Waals surface area contributed by atoms with Crippen LogP contribution in [0.15, 0.2) is 0 Å². The first-order valence-corrected chi connectivity index (χ1v) is 8.30. The smallest absolute Gasteiger partial charge is 0.338 e. The van der Waals surface area contributed by atoms with E-state index in [2.05, 4.69) is 0 Å². The predicted molar refractivity (Wildman–Crippen MR) is 87.2 cm³/mol. The molecule has 0 aliphatic carbocycles. The second-order valence-electron chi connectivity index (χ2n) is 6.35. The monoisotopic (exact) mass is 332 g/mol. The normalized spacial score (nSPS) is 14.2. The van der Waals surface area contributed by atoms with Crippen LogP contribution in [-0.4, -0.2) is 50.1 Å². The second kappa shape index (κ2) is 11.4. The fourth-order valence-corrected chi connectivity index (χ4v) is 1.76. The lowest BCUT2D eigenvalue weighted by molar-refractivity contribution is -0.192. The summed E-state index contributed by atoms with van der Waals surface area (Å²) in [5.74, 6) is -1.21. The van der Waals surface area contributed by atoms with Crippen LogP contribution in [0.3, 0.4) is 0 Å². The summed E-state index contributed by atoms with van der Waals surface area (Å²) in [6.45, 7) is 9.98. The quantitative estimate of drug-likeness (QED) is 0.428. The van der Waals surface area contributed by atoms with Crippen molar-refractivity contribution in [1.82, 2.24) is 0 Å². The number of esters is 2. The topological polar surface area (TPSA) is 71.1 Å². The molecule has 0 heterocycles. The van der Waals surface area contributed by atoms with Crippen LogP contribution in [0.1, 0.15) is 60.3 Å². The van der Waals surface area contributed by atoms with Gasteiger partial charge in [-0.05, 0) is 33.6 Å². The van der Waals surface area contributed by atoms with Crippen LogP contribution >= 0.6 is 0 Å². The Morgan fingerprint density at radius 3 is 1.65 bits per heavy atom. The molecule has 136 valence electrons. The van der Waals surface area contributed by atoms with Gasteiger partial charge in [-0.1, -0.05) is 26.7 Å². The average molecular weight is 332 g/mol. The molecule has 0 aromatic rings. The molecule has 0 radical (unpaired) electrons. The molecule has 2 unspecified atom stereocenters. The Labute approximate surface area is 139 Å². The van der Waals surface area contributed by atoms with Gasteiger partial charge < -0.3 is 18.9 Å². The minimum atomic E-state index is -1.15. The zero-order valence-electron chi connectivity index (χ0n) is 15.3. The van der Waals surface area contributed by atoms with Crippen molar-refractivity contribution < 1.29 is 28.5 Å². The summed E-state index contributed by atoms with van der Waals surface area (Å²) in [6.07, 6.45) is 1.04. The molecule has 6 heteroatoms. The first-order valence-electron chi connectivity index (χ1n) is 8.30. The maximum atomic E-state index is 12.3. The molecule has 6 nitrogen and oxygen atoms in total. The van der Waals surface area contributed by atoms with Gasteiger partial charge in [0.2, 0.25) is 0 Å². The maximum absolute atomic E-state index is 12.3. The summed E-state index contributed by atoms with van der Waals surface area (Å²) >= 11 is 0. The Morgan fingerprint density at radius 2 is 1.30 bits per heavy atom. The van der Waals surface area contributed by atoms with E-state index in [1.165, 1.54) is 7.11 Å². The SMILES string of the molecule is CCCCOC(=O)C(OC)C(OC(C)(C)C)C(=O)OCCCC. The molecule has 0 aliphatic rings. The van der Waals surface area contributed by atoms with E-state index in [0.29, 0.717) is 13.2 Å². The fourth-order valence-electron chi connectivity index (χ4n) is 1.76. The molecule has 0 aromatic heterocycles. The number of unbranched alkanes of at least 4 members (excludes halogenated alkanes) is 2. The van der Waals surface area contributed by atoms with Gasteiger partial charge in [-0.25, -0.2) is 9.59 Å². The van der Waals surface area contributed by atoms with Gasteiger partial charge in [0, 0.05) is 7.11 Å². The summed E-state index contributed by atoms with van der Waals surface area (Å²) in [6, 6.07) is 0. The third kappa shape index (κ3) is 9.56. The third-order valence-corrected chi connectivity index (χ3v) is 2.96. The summed E-state index contributed by atoms with van der Waals surface area (Å²) in [5, 5.41) is 0. The van der Waals surface area contributed by atoms with Crippen LogP contribution in [0.25, 0.3) is 0 Å². The Balaban J connectivity index is 4.96. The van der Waals surface area contributed by atoms with Gasteiger partial charge in [0.15, 0.2) is 12.2 Å². The number of ether oxygens (including phenoxy) is 4. The van der Waals surface area contributed by atoms with Gasteiger partial charge in [-0.3, -0.25) is 0 Å². The molecule has 0 aromatic carbocycles. The second-order valence-corrected chi connectivity index (χ2v) is 6.35. The van der Waals surface area contributed by atoms with E-state index in [1.54, 1.807) is 20.8 Å². The van der Waals surface area contributed by atoms with Crippen LogP contribution in [0, 0.1) is 0 Å². The highest BCUT2D eigenvalue weighted by atomic mass is 16.6. The Kier molecular flexibility index (Phi) is 10.8. The maximum Gasteiger partial charge on any atom is 0.338 e. The molecule has 0 bridgehead atoms. The van der Waals surface area contributed by atoms with Gasteiger partial charge in [0.1, 0.15) is 0 Å². The molecule has 0 amide bonds. The standard InChI is InChI=1S/C17H32O6/c1-7-9-11-21-15(18)13(20-6)14(23-17(3,4)5)16(19)22-12-10-8-2/h13-14H,7-12H2,1-6H3. The van der Waals surface area contributed by atoms with E-state index < -0.39 is 29.7 Å². The third-order valence-electron chi connectivity index (χ3n) is 2.96. The van der Waals surface area contributed by atoms with Crippen molar-refractivity contribution in [2.24, 2.45) is 0 Å². The molecular formula is C17H32O6. The summed E-state index contributed by atoms with van der Waals surface area (Å²) in [5.41, 5.74) is -0.630. The van der Waals surface area contributed by atoms with Crippen molar-refractivity contribution in [3.8, 4) is 0 Å². The van der Waals surface area contributed by atoms with Crippen molar-refractivity contribution in [3.63, 3.8) is 0 Å². The van der Waals surface area contributed by atoms with E-state index in [0.717, 1.165) is 25.7 Å². The van der Waals surface area contributed by atoms with Crippen molar-refractivity contribution in [3.05, 3.63) is 0 Å². The lowest BCUT2D eigenvalue weighted by Gasteiger charge is -2.29. The Bertz CT molecular complexity index is 347. The van der Waals surface area contributed by atoms with Gasteiger partial charge in [0.25, 0.3) is 0 Å². The highest BCUT2D eigenvalue weighted by molar-refractivity contribution is 5.85. The first-order chi connectivity index (χ1) is 10.8. The Morgan fingerprint density at radius 1 is 0.870 bits per heavy atom. The summed E-state index contributed by atoms with van der Waals surface area (Å²) < 4.78 is 21.2. The van der Waals surface area contributed by atoms with Gasteiger partial charge in [-0.2, -0.15) is 0 Å². The van der Waals surface area contributed by atoms with Crippen LogP contribution in [0.5, 0.6) is 0 Å². The molecular weight excluding hydrogens is 300 g/mol. The van der Waals surface area contributed by atoms with Crippen molar-refractivity contribution in [2.45, 2.75) is 78.1 Å². The first kappa shape index (κ1) is 21.9. The minimum Gasteiger partial charge on any atom is -0.464 e. The number of rotatable bonds is 11. The van der Waals surface area contributed by atoms with Gasteiger partial charge >= 0.3 is 11.9 Å². The van der Waals surface area contributed by atoms with Crippen LogP contribution in [-0.2, 0) is 28.5 Å². The largest absolute Gasteiger partial charge is 0.464 e. The Hall–Kier alpha value is -1.14. The molecule has 0 fully saturated rings. The average Bonchev–Trinajstić information content (AvgIpc) is 2.46. The molecule has 0 spiro atoms. The van der Waals surface area contributed by atoms with Crippen LogP contribution < -0.4 is 0 Å². The predicted octanol–water partition coefficient (Wildman–Crippen LogP) is 2.87. The minimum absolute atomic E-state index is 0.292. The number of methoxy groups -OCH3 is 1. The number of hydrogen-bond donors (Lipinski definition) is 0. The summed E-state index contributed by atoms with van der Waals surface area (Å²) in [7, 11) is 1.35. The molecule has 0 saturated heterocycles. The van der Waals surface area contributed by atoms with Crippen LogP contribution in [0.4, 0.5) is 0 Å². The van der Waals surface area contributed by atoms with Crippen LogP contribution in [0.2, 0.25) is 0 Å². The molecule has 0 saturated carbocycles. The van der Waals surface area contributed by atoms with Crippen molar-refractivity contribution in [1.29, 1.82) is 0 Å². The van der Waals surface area contributed by atoms with Crippen molar-refractivity contribution >= 4 is 11.9 Å². The fraction of sp³-hybridized carbons (Fsp3) is 0.882. The zero-order chi connectivity index (χ0) is 17.9. The van der Waals surface area contributed by atoms with E-state index >= 15 is 0 Å². The number of carbonyl (C=O) groups is 2. The molecule has 2 atom stereocenters.